The number of anilines is 3. The van der Waals surface area contributed by atoms with E-state index in [0.29, 0.717) is 16.9 Å². The van der Waals surface area contributed by atoms with Gasteiger partial charge in [0.1, 0.15) is 5.75 Å². The van der Waals surface area contributed by atoms with Crippen molar-refractivity contribution in [1.82, 2.24) is 20.1 Å². The molecule has 0 radical (unpaired) electrons. The Morgan fingerprint density at radius 1 is 1.00 bits per heavy atom. The molecule has 4 aromatic rings. The topological polar surface area (TPSA) is 130 Å². The number of benzene rings is 3. The third kappa shape index (κ3) is 6.78. The third-order valence-corrected chi connectivity index (χ3v) is 5.20. The zero-order valence-electron chi connectivity index (χ0n) is 19.8. The normalized spacial score (nSPS) is 11.1. The van der Waals surface area contributed by atoms with Gasteiger partial charge in [0.25, 0.3) is 11.9 Å². The summed E-state index contributed by atoms with van der Waals surface area (Å²) in [5.74, 6) is -0.769. The van der Waals surface area contributed by atoms with Crippen LogP contribution < -0.4 is 20.7 Å². The third-order valence-electron chi connectivity index (χ3n) is 5.20. The molecule has 3 aromatic carbocycles. The van der Waals surface area contributed by atoms with Gasteiger partial charge in [-0.15, -0.1) is 18.3 Å². The lowest BCUT2D eigenvalue weighted by molar-refractivity contribution is -0.274. The highest BCUT2D eigenvalue weighted by Crippen LogP contribution is 2.26. The first-order valence-electron chi connectivity index (χ1n) is 11.1. The Balaban J connectivity index is 1.59. The number of carbonyl (C=O) groups excluding carboxylic acids is 1. The average molecular weight is 526 g/mol. The largest absolute Gasteiger partial charge is 0.573 e. The first-order valence-corrected chi connectivity index (χ1v) is 11.1. The Morgan fingerprint density at radius 3 is 2.32 bits per heavy atom. The maximum atomic E-state index is 12.8. The van der Waals surface area contributed by atoms with Crippen molar-refractivity contribution in [3.05, 3.63) is 89.5 Å². The van der Waals surface area contributed by atoms with E-state index in [1.807, 2.05) is 31.2 Å². The number of nitrogens with one attached hydrogen (secondary N) is 3. The molecule has 13 heteroatoms. The number of para-hydroxylation sites is 1. The van der Waals surface area contributed by atoms with Gasteiger partial charge in [-0.3, -0.25) is 10.1 Å². The molecule has 196 valence electrons. The Hall–Kier alpha value is -5.07. The summed E-state index contributed by atoms with van der Waals surface area (Å²) in [4.78, 5) is 27.8. The van der Waals surface area contributed by atoms with Gasteiger partial charge < -0.3 is 20.5 Å². The molecule has 0 aliphatic carbocycles. The van der Waals surface area contributed by atoms with Crippen LogP contribution in [0, 0.1) is 6.92 Å². The van der Waals surface area contributed by atoms with Crippen molar-refractivity contribution in [2.45, 2.75) is 19.8 Å². The summed E-state index contributed by atoms with van der Waals surface area (Å²) in [5.41, 5.74) is 2.91. The molecular formula is C25H21F3N6O4. The molecule has 1 aromatic heterocycles. The summed E-state index contributed by atoms with van der Waals surface area (Å²) in [6, 6.07) is 18.6. The SMILES string of the molecule is Cc1ccccc1Nc1nc(NC(=O)c2ccc(CNC(=O)O)cc2)nn1-c1ccc(OC(F)(F)F)cc1. The van der Waals surface area contributed by atoms with Crippen LogP contribution in [-0.2, 0) is 6.54 Å². The predicted octanol–water partition coefficient (Wildman–Crippen LogP) is 5.24. The van der Waals surface area contributed by atoms with Crippen LogP contribution in [0.25, 0.3) is 5.69 Å². The number of carboxylic acid groups (broad SMARTS) is 1. The van der Waals surface area contributed by atoms with Gasteiger partial charge in [0.05, 0.1) is 5.69 Å². The smallest absolute Gasteiger partial charge is 0.465 e. The van der Waals surface area contributed by atoms with Gasteiger partial charge in [0.2, 0.25) is 5.95 Å². The minimum absolute atomic E-state index is 0.0571. The van der Waals surface area contributed by atoms with Gasteiger partial charge in [-0.2, -0.15) is 9.67 Å². The Labute approximate surface area is 214 Å². The van der Waals surface area contributed by atoms with E-state index in [1.54, 1.807) is 12.1 Å². The zero-order chi connectivity index (χ0) is 27.3. The second-order valence-corrected chi connectivity index (χ2v) is 7.96. The number of amides is 2. The molecule has 0 fully saturated rings. The zero-order valence-corrected chi connectivity index (χ0v) is 19.8. The number of nitrogens with zero attached hydrogens (tertiary/aromatic N) is 3. The van der Waals surface area contributed by atoms with Crippen LogP contribution in [-0.4, -0.2) is 38.2 Å². The minimum Gasteiger partial charge on any atom is -0.465 e. The molecule has 4 N–H and O–H groups in total. The number of ether oxygens (including phenoxy) is 1. The van der Waals surface area contributed by atoms with Gasteiger partial charge >= 0.3 is 12.5 Å². The summed E-state index contributed by atoms with van der Waals surface area (Å²) in [6.45, 7) is 1.97. The average Bonchev–Trinajstić information content (AvgIpc) is 3.26. The van der Waals surface area contributed by atoms with E-state index < -0.39 is 24.1 Å². The van der Waals surface area contributed by atoms with Crippen LogP contribution in [0.1, 0.15) is 21.5 Å². The van der Waals surface area contributed by atoms with E-state index in [4.69, 9.17) is 5.11 Å². The molecule has 10 nitrogen and oxygen atoms in total. The molecule has 0 spiro atoms. The fraction of sp³-hybridized carbons (Fsp3) is 0.120. The van der Waals surface area contributed by atoms with Crippen molar-refractivity contribution in [3.8, 4) is 11.4 Å². The highest BCUT2D eigenvalue weighted by atomic mass is 19.4. The monoisotopic (exact) mass is 526 g/mol. The van der Waals surface area contributed by atoms with Crippen LogP contribution in [0.5, 0.6) is 5.75 Å². The van der Waals surface area contributed by atoms with Crippen LogP contribution in [0.15, 0.2) is 72.8 Å². The summed E-state index contributed by atoms with van der Waals surface area (Å²) < 4.78 is 42.9. The minimum atomic E-state index is -4.82. The summed E-state index contributed by atoms with van der Waals surface area (Å²) in [7, 11) is 0. The van der Waals surface area contributed by atoms with Gasteiger partial charge in [-0.05, 0) is 60.5 Å². The van der Waals surface area contributed by atoms with Gasteiger partial charge in [0, 0.05) is 17.8 Å². The van der Waals surface area contributed by atoms with Crippen LogP contribution in [0.3, 0.4) is 0 Å². The Kier molecular flexibility index (Phi) is 7.46. The second-order valence-electron chi connectivity index (χ2n) is 7.96. The number of alkyl halides is 3. The maximum Gasteiger partial charge on any atom is 0.573 e. The van der Waals surface area contributed by atoms with Gasteiger partial charge in [-0.1, -0.05) is 30.3 Å². The van der Waals surface area contributed by atoms with Crippen molar-refractivity contribution in [2.75, 3.05) is 10.6 Å². The number of rotatable bonds is 8. The standard InChI is InChI=1S/C25H21F3N6O4/c1-15-4-2-3-5-20(15)30-23-32-22(31-21(35)17-8-6-16(7-9-17)14-29-24(36)37)33-34(23)18-10-12-19(13-11-18)38-25(26,27)28/h2-13,29H,14H2,1H3,(H,36,37)(H2,30,31,32,33,35). The molecule has 0 bridgehead atoms. The van der Waals surface area contributed by atoms with E-state index >= 15 is 0 Å². The molecule has 0 atom stereocenters. The molecule has 1 heterocycles. The van der Waals surface area contributed by atoms with Crippen molar-refractivity contribution in [3.63, 3.8) is 0 Å². The number of aryl methyl sites for hydroxylation is 1. The van der Waals surface area contributed by atoms with E-state index in [2.05, 4.69) is 30.8 Å². The summed E-state index contributed by atoms with van der Waals surface area (Å²) >= 11 is 0. The number of halogens is 3. The first kappa shape index (κ1) is 26.0. The molecule has 2 amide bonds. The van der Waals surface area contributed by atoms with Crippen molar-refractivity contribution >= 4 is 29.6 Å². The molecule has 0 saturated carbocycles. The Bertz CT molecular complexity index is 1440. The van der Waals surface area contributed by atoms with Crippen molar-refractivity contribution in [2.24, 2.45) is 0 Å². The number of carbonyl (C=O) groups is 2. The predicted molar refractivity (Wildman–Crippen MR) is 132 cm³/mol. The highest BCUT2D eigenvalue weighted by molar-refractivity contribution is 6.03. The van der Waals surface area contributed by atoms with Gasteiger partial charge in [0.15, 0.2) is 0 Å². The molecule has 0 saturated heterocycles. The fourth-order valence-corrected chi connectivity index (χ4v) is 3.37. The Morgan fingerprint density at radius 2 is 1.68 bits per heavy atom. The number of hydrogen-bond donors (Lipinski definition) is 4. The lowest BCUT2D eigenvalue weighted by Crippen LogP contribution is -2.20. The number of hydrogen-bond acceptors (Lipinski definition) is 6. The fourth-order valence-electron chi connectivity index (χ4n) is 3.37. The molecule has 0 aliphatic rings. The molecule has 0 aliphatic heterocycles. The molecule has 0 unspecified atom stereocenters. The highest BCUT2D eigenvalue weighted by Gasteiger charge is 2.31. The van der Waals surface area contributed by atoms with Crippen molar-refractivity contribution < 1.29 is 32.6 Å². The van der Waals surface area contributed by atoms with Crippen molar-refractivity contribution in [1.29, 1.82) is 0 Å². The molecule has 38 heavy (non-hydrogen) atoms. The quantitative estimate of drug-likeness (QED) is 0.247. The lowest BCUT2D eigenvalue weighted by atomic mass is 10.1. The summed E-state index contributed by atoms with van der Waals surface area (Å²) in [5, 5.41) is 21.0. The molecular weight excluding hydrogens is 505 g/mol. The maximum absolute atomic E-state index is 12.8. The second kappa shape index (κ2) is 10.9. The van der Waals surface area contributed by atoms with E-state index in [-0.39, 0.29) is 24.0 Å². The summed E-state index contributed by atoms with van der Waals surface area (Å²) in [6.07, 6.45) is -5.99. The molecule has 4 rings (SSSR count). The van der Waals surface area contributed by atoms with E-state index in [0.717, 1.165) is 17.7 Å². The van der Waals surface area contributed by atoms with Gasteiger partial charge in [-0.25, -0.2) is 4.79 Å². The van der Waals surface area contributed by atoms with E-state index in [9.17, 15) is 22.8 Å². The lowest BCUT2D eigenvalue weighted by Gasteiger charge is -2.11. The van der Waals surface area contributed by atoms with E-state index in [1.165, 1.54) is 28.9 Å². The number of aromatic nitrogens is 3. The van der Waals surface area contributed by atoms with Crippen LogP contribution in [0.4, 0.5) is 35.5 Å². The van der Waals surface area contributed by atoms with Crippen LogP contribution >= 0.6 is 0 Å². The van der Waals surface area contributed by atoms with Crippen LogP contribution in [0.2, 0.25) is 0 Å². The first-order chi connectivity index (χ1) is 18.1.